The van der Waals surface area contributed by atoms with Crippen molar-refractivity contribution in [1.82, 2.24) is 9.88 Å². The fraction of sp³-hybridized carbons (Fsp3) is 0.656. The molecule has 0 saturated heterocycles. The van der Waals surface area contributed by atoms with Gasteiger partial charge in [0.25, 0.3) is 5.91 Å². The molecule has 5 rings (SSSR count). The van der Waals surface area contributed by atoms with Crippen LogP contribution in [0.25, 0.3) is 11.3 Å². The van der Waals surface area contributed by atoms with Crippen LogP contribution in [-0.2, 0) is 17.4 Å². The number of aliphatic hydroxyl groups is 1. The lowest BCUT2D eigenvalue weighted by molar-refractivity contribution is 0.0694. The Balaban J connectivity index is 1.62. The number of hydrogen-bond acceptors (Lipinski definition) is 3. The predicted molar refractivity (Wildman–Crippen MR) is 150 cm³/mol. The first kappa shape index (κ1) is 26.3. The Bertz CT molecular complexity index is 1150. The van der Waals surface area contributed by atoms with Crippen LogP contribution in [0, 0.1) is 12.8 Å². The fourth-order valence-corrected chi connectivity index (χ4v) is 6.41. The second-order valence-corrected chi connectivity index (χ2v) is 13.7. The monoisotopic (exact) mass is 506 g/mol. The Morgan fingerprint density at radius 3 is 2.41 bits per heavy atom. The molecule has 1 amide bonds. The van der Waals surface area contributed by atoms with Gasteiger partial charge in [0.05, 0.1) is 17.8 Å². The first-order valence-electron chi connectivity index (χ1n) is 14.4. The molecule has 1 aromatic carbocycles. The molecule has 37 heavy (non-hydrogen) atoms. The van der Waals surface area contributed by atoms with Crippen molar-refractivity contribution < 1.29 is 14.6 Å². The number of fused-ring (bicyclic) bond motifs is 2. The van der Waals surface area contributed by atoms with Gasteiger partial charge in [0.1, 0.15) is 5.75 Å². The summed E-state index contributed by atoms with van der Waals surface area (Å²) in [6, 6.07) is 6.79. The molecule has 2 heterocycles. The highest BCUT2D eigenvalue weighted by molar-refractivity contribution is 5.97. The summed E-state index contributed by atoms with van der Waals surface area (Å²) in [6.45, 7) is 14.3. The van der Waals surface area contributed by atoms with Crippen LogP contribution in [0.1, 0.15) is 113 Å². The number of aromatic nitrogens is 1. The number of ether oxygens (including phenoxy) is 1. The summed E-state index contributed by atoms with van der Waals surface area (Å²) in [5.74, 6) is 1.63. The van der Waals surface area contributed by atoms with E-state index in [0.717, 1.165) is 36.7 Å². The number of rotatable bonds is 6. The lowest BCUT2D eigenvalue weighted by Crippen LogP contribution is -2.38. The molecular formula is C32H46N2O3. The highest BCUT2D eigenvalue weighted by Gasteiger charge is 2.49. The molecule has 2 saturated carbocycles. The van der Waals surface area contributed by atoms with Crippen molar-refractivity contribution in [2.24, 2.45) is 5.92 Å². The molecule has 0 radical (unpaired) electrons. The fourth-order valence-electron chi connectivity index (χ4n) is 6.41. The van der Waals surface area contributed by atoms with Crippen molar-refractivity contribution >= 4 is 5.91 Å². The summed E-state index contributed by atoms with van der Waals surface area (Å²) in [5.41, 5.74) is 5.97. The van der Waals surface area contributed by atoms with E-state index in [9.17, 15) is 9.90 Å². The minimum Gasteiger partial charge on any atom is -0.493 e. The van der Waals surface area contributed by atoms with E-state index in [2.05, 4.69) is 55.8 Å². The first-order chi connectivity index (χ1) is 17.4. The average Bonchev–Trinajstić information content (AvgIpc) is 3.53. The van der Waals surface area contributed by atoms with Crippen molar-refractivity contribution in [3.05, 3.63) is 40.6 Å². The molecule has 5 heteroatoms. The Morgan fingerprint density at radius 2 is 1.78 bits per heavy atom. The molecule has 202 valence electrons. The molecular weight excluding hydrogens is 460 g/mol. The molecule has 3 aliphatic rings. The van der Waals surface area contributed by atoms with E-state index in [1.807, 2.05) is 0 Å². The zero-order chi connectivity index (χ0) is 26.6. The van der Waals surface area contributed by atoms with Gasteiger partial charge < -0.3 is 19.7 Å². The van der Waals surface area contributed by atoms with Gasteiger partial charge >= 0.3 is 0 Å². The third-order valence-corrected chi connectivity index (χ3v) is 8.90. The normalized spacial score (nSPS) is 19.4. The number of carbonyl (C=O) groups excluding carboxylic acids is 1. The van der Waals surface area contributed by atoms with E-state index in [1.54, 1.807) is 13.8 Å². The van der Waals surface area contributed by atoms with Gasteiger partial charge in [0.2, 0.25) is 0 Å². The van der Waals surface area contributed by atoms with Crippen molar-refractivity contribution in [2.45, 2.75) is 116 Å². The summed E-state index contributed by atoms with van der Waals surface area (Å²) in [4.78, 5) is 13.3. The van der Waals surface area contributed by atoms with Crippen LogP contribution in [0.4, 0.5) is 0 Å². The molecule has 0 unspecified atom stereocenters. The molecule has 2 aliphatic carbocycles. The third kappa shape index (κ3) is 5.34. The zero-order valence-electron chi connectivity index (χ0n) is 23.8. The maximum atomic E-state index is 13.3. The van der Waals surface area contributed by atoms with Crippen LogP contribution < -0.4 is 10.1 Å². The number of benzene rings is 1. The van der Waals surface area contributed by atoms with E-state index in [1.165, 1.54) is 61.6 Å². The largest absolute Gasteiger partial charge is 0.493 e. The van der Waals surface area contributed by atoms with Crippen molar-refractivity contribution in [2.75, 3.05) is 13.2 Å². The molecule has 1 spiro atoms. The van der Waals surface area contributed by atoms with E-state index < -0.39 is 5.60 Å². The Labute approximate surface area is 223 Å². The quantitative estimate of drug-likeness (QED) is 0.461. The van der Waals surface area contributed by atoms with Crippen molar-refractivity contribution in [3.8, 4) is 17.0 Å². The summed E-state index contributed by atoms with van der Waals surface area (Å²) < 4.78 is 8.74. The molecule has 0 bridgehead atoms. The predicted octanol–water partition coefficient (Wildman–Crippen LogP) is 6.66. The van der Waals surface area contributed by atoms with Crippen LogP contribution in [0.5, 0.6) is 5.75 Å². The number of nitrogens with zero attached hydrogens (tertiary/aromatic N) is 1. The number of carbonyl (C=O) groups is 1. The first-order valence-corrected chi connectivity index (χ1v) is 14.4. The number of hydrogen-bond donors (Lipinski definition) is 2. The summed E-state index contributed by atoms with van der Waals surface area (Å²) >= 11 is 0. The molecule has 5 nitrogen and oxygen atoms in total. The van der Waals surface area contributed by atoms with E-state index in [4.69, 9.17) is 4.74 Å². The summed E-state index contributed by atoms with van der Waals surface area (Å²) in [5, 5.41) is 13.1. The molecule has 2 fully saturated rings. The summed E-state index contributed by atoms with van der Waals surface area (Å²) in [6.07, 6.45) is 10.0. The van der Waals surface area contributed by atoms with Gasteiger partial charge in [-0.2, -0.15) is 0 Å². The Hall–Kier alpha value is -2.27. The van der Waals surface area contributed by atoms with Crippen LogP contribution in [0.15, 0.2) is 18.2 Å². The maximum absolute atomic E-state index is 13.3. The standard InChI is InChI=1S/C32H46N2O3/c1-21-24(29(35)33-20-31(5,6)36)18-27(34(21)19-22-10-8-7-9-11-22)23-16-25(30(2,3)4)28-26(17-23)32(12-13-32)14-15-37-28/h16-18,22,36H,7-15,19-20H2,1-6H3,(H,33,35). The molecule has 2 N–H and O–H groups in total. The molecule has 1 aromatic heterocycles. The number of amides is 1. The minimum atomic E-state index is -0.949. The zero-order valence-corrected chi connectivity index (χ0v) is 23.8. The van der Waals surface area contributed by atoms with Gasteiger partial charge in [-0.15, -0.1) is 0 Å². The number of nitrogens with one attached hydrogen (secondary N) is 1. The Morgan fingerprint density at radius 1 is 1.08 bits per heavy atom. The second kappa shape index (κ2) is 9.48. The van der Waals surface area contributed by atoms with Gasteiger partial charge in [-0.05, 0) is 88.0 Å². The van der Waals surface area contributed by atoms with E-state index >= 15 is 0 Å². The van der Waals surface area contributed by atoms with E-state index in [-0.39, 0.29) is 23.3 Å². The molecule has 0 atom stereocenters. The highest BCUT2D eigenvalue weighted by Crippen LogP contribution is 2.58. The van der Waals surface area contributed by atoms with Crippen molar-refractivity contribution in [1.29, 1.82) is 0 Å². The van der Waals surface area contributed by atoms with Crippen LogP contribution in [0.2, 0.25) is 0 Å². The minimum absolute atomic E-state index is 0.0454. The molecule has 1 aliphatic heterocycles. The second-order valence-electron chi connectivity index (χ2n) is 13.7. The van der Waals surface area contributed by atoms with Crippen LogP contribution in [-0.4, -0.2) is 34.3 Å². The third-order valence-electron chi connectivity index (χ3n) is 8.90. The average molecular weight is 507 g/mol. The highest BCUT2D eigenvalue weighted by atomic mass is 16.5. The molecule has 2 aromatic rings. The topological polar surface area (TPSA) is 63.5 Å². The van der Waals surface area contributed by atoms with Crippen LogP contribution in [0.3, 0.4) is 0 Å². The van der Waals surface area contributed by atoms with Crippen LogP contribution >= 0.6 is 0 Å². The van der Waals surface area contributed by atoms with Gasteiger partial charge in [-0.1, -0.05) is 40.0 Å². The van der Waals surface area contributed by atoms with Gasteiger partial charge in [-0.3, -0.25) is 4.79 Å². The van der Waals surface area contributed by atoms with Gasteiger partial charge in [0, 0.05) is 41.0 Å². The lowest BCUT2D eigenvalue weighted by Gasteiger charge is -2.33. The van der Waals surface area contributed by atoms with Gasteiger partial charge in [0.15, 0.2) is 0 Å². The SMILES string of the molecule is Cc1c(C(=O)NCC(C)(C)O)cc(-c2cc(C(C)(C)C)c3c(c2)C2(CCO3)CC2)n1CC1CCCCC1. The summed E-state index contributed by atoms with van der Waals surface area (Å²) in [7, 11) is 0. The van der Waals surface area contributed by atoms with E-state index in [0.29, 0.717) is 11.5 Å². The smallest absolute Gasteiger partial charge is 0.253 e. The van der Waals surface area contributed by atoms with Crippen molar-refractivity contribution in [3.63, 3.8) is 0 Å². The Kier molecular flexibility index (Phi) is 6.75. The maximum Gasteiger partial charge on any atom is 0.253 e. The lowest BCUT2D eigenvalue weighted by atomic mass is 9.79. The van der Waals surface area contributed by atoms with Gasteiger partial charge in [-0.25, -0.2) is 0 Å².